The van der Waals surface area contributed by atoms with Crippen molar-refractivity contribution in [2.75, 3.05) is 7.11 Å². The first-order valence-electron chi connectivity index (χ1n) is 4.84. The molecule has 0 fully saturated rings. The molecule has 1 aromatic carbocycles. The van der Waals surface area contributed by atoms with Gasteiger partial charge in [-0.05, 0) is 24.6 Å². The molecule has 2 aromatic rings. The molecule has 1 heterocycles. The van der Waals surface area contributed by atoms with Crippen LogP contribution in [0.2, 0.25) is 0 Å². The highest BCUT2D eigenvalue weighted by atomic mass is 16.5. The summed E-state index contributed by atoms with van der Waals surface area (Å²) in [6.07, 6.45) is 2.87. The molecule has 3 nitrogen and oxygen atoms in total. The van der Waals surface area contributed by atoms with E-state index in [1.165, 1.54) is 0 Å². The van der Waals surface area contributed by atoms with Gasteiger partial charge in [0, 0.05) is 11.6 Å². The van der Waals surface area contributed by atoms with Gasteiger partial charge in [0.1, 0.15) is 12.0 Å². The van der Waals surface area contributed by atoms with Crippen molar-refractivity contribution in [2.24, 2.45) is 0 Å². The van der Waals surface area contributed by atoms with E-state index in [0.717, 1.165) is 28.5 Å². The average molecular weight is 203 g/mol. The van der Waals surface area contributed by atoms with Crippen LogP contribution in [-0.2, 0) is 11.3 Å². The number of carbonyl (C=O) groups is 1. The molecule has 15 heavy (non-hydrogen) atoms. The third-order valence-corrected chi connectivity index (χ3v) is 2.55. The Labute approximate surface area is 88.3 Å². The van der Waals surface area contributed by atoms with E-state index >= 15 is 0 Å². The molecule has 0 radical (unpaired) electrons. The maximum Gasteiger partial charge on any atom is 0.139 e. The summed E-state index contributed by atoms with van der Waals surface area (Å²) >= 11 is 0. The lowest BCUT2D eigenvalue weighted by Gasteiger charge is -2.03. The predicted molar refractivity (Wildman–Crippen MR) is 59.3 cm³/mol. The Hall–Kier alpha value is -1.77. The minimum Gasteiger partial charge on any atom is -0.496 e. The summed E-state index contributed by atoms with van der Waals surface area (Å²) in [4.78, 5) is 10.5. The summed E-state index contributed by atoms with van der Waals surface area (Å²) in [5.41, 5.74) is 2.17. The SMILES string of the molecule is COc1cccc2c1c(C)cn2CC=O. The summed E-state index contributed by atoms with van der Waals surface area (Å²) in [6, 6.07) is 5.86. The fraction of sp³-hybridized carbons (Fsp3) is 0.250. The standard InChI is InChI=1S/C12H13NO2/c1-9-8-13(6-7-14)10-4-3-5-11(15-2)12(9)10/h3-5,7-8H,6H2,1-2H3. The number of aromatic nitrogens is 1. The van der Waals surface area contributed by atoms with Gasteiger partial charge in [-0.2, -0.15) is 0 Å². The van der Waals surface area contributed by atoms with Crippen LogP contribution in [0.5, 0.6) is 5.75 Å². The van der Waals surface area contributed by atoms with Crippen LogP contribution in [0.4, 0.5) is 0 Å². The van der Waals surface area contributed by atoms with Gasteiger partial charge in [0.2, 0.25) is 0 Å². The molecular formula is C12H13NO2. The summed E-state index contributed by atoms with van der Waals surface area (Å²) in [6.45, 7) is 2.41. The number of carbonyl (C=O) groups excluding carboxylic acids is 1. The zero-order chi connectivity index (χ0) is 10.8. The highest BCUT2D eigenvalue weighted by Crippen LogP contribution is 2.29. The van der Waals surface area contributed by atoms with Crippen LogP contribution in [0.25, 0.3) is 10.9 Å². The molecule has 1 aromatic heterocycles. The monoisotopic (exact) mass is 203 g/mol. The van der Waals surface area contributed by atoms with Crippen LogP contribution in [0, 0.1) is 6.92 Å². The number of aldehydes is 1. The Morgan fingerprint density at radius 2 is 2.27 bits per heavy atom. The van der Waals surface area contributed by atoms with Crippen molar-refractivity contribution in [1.82, 2.24) is 4.57 Å². The number of hydrogen-bond acceptors (Lipinski definition) is 2. The smallest absolute Gasteiger partial charge is 0.139 e. The van der Waals surface area contributed by atoms with E-state index in [1.54, 1.807) is 7.11 Å². The zero-order valence-corrected chi connectivity index (χ0v) is 8.86. The third-order valence-electron chi connectivity index (χ3n) is 2.55. The van der Waals surface area contributed by atoms with E-state index < -0.39 is 0 Å². The van der Waals surface area contributed by atoms with E-state index in [0.29, 0.717) is 6.54 Å². The molecule has 0 saturated heterocycles. The summed E-state index contributed by atoms with van der Waals surface area (Å²) < 4.78 is 7.23. The van der Waals surface area contributed by atoms with Gasteiger partial charge in [-0.3, -0.25) is 0 Å². The molecule has 0 bridgehead atoms. The molecule has 3 heteroatoms. The van der Waals surface area contributed by atoms with E-state index in [-0.39, 0.29) is 0 Å². The number of aryl methyl sites for hydroxylation is 1. The van der Waals surface area contributed by atoms with E-state index in [2.05, 4.69) is 0 Å². The lowest BCUT2D eigenvalue weighted by Crippen LogP contribution is -1.96. The van der Waals surface area contributed by atoms with Crippen molar-refractivity contribution in [2.45, 2.75) is 13.5 Å². The second kappa shape index (κ2) is 3.77. The quantitative estimate of drug-likeness (QED) is 0.716. The number of fused-ring (bicyclic) bond motifs is 1. The number of rotatable bonds is 3. The van der Waals surface area contributed by atoms with Gasteiger partial charge in [0.25, 0.3) is 0 Å². The molecule has 0 N–H and O–H groups in total. The molecule has 0 amide bonds. The van der Waals surface area contributed by atoms with E-state index in [1.807, 2.05) is 35.9 Å². The topological polar surface area (TPSA) is 31.2 Å². The molecule has 2 rings (SSSR count). The zero-order valence-electron chi connectivity index (χ0n) is 8.86. The lowest BCUT2D eigenvalue weighted by atomic mass is 10.2. The molecular weight excluding hydrogens is 190 g/mol. The molecule has 0 aliphatic heterocycles. The average Bonchev–Trinajstić information content (AvgIpc) is 2.57. The maximum atomic E-state index is 10.5. The summed E-state index contributed by atoms with van der Waals surface area (Å²) in [7, 11) is 1.66. The van der Waals surface area contributed by atoms with Gasteiger partial charge >= 0.3 is 0 Å². The lowest BCUT2D eigenvalue weighted by molar-refractivity contribution is -0.108. The Kier molecular flexibility index (Phi) is 2.46. The van der Waals surface area contributed by atoms with Gasteiger partial charge in [-0.1, -0.05) is 6.07 Å². The fourth-order valence-electron chi connectivity index (χ4n) is 1.92. The third kappa shape index (κ3) is 1.50. The van der Waals surface area contributed by atoms with Crippen LogP contribution in [0.3, 0.4) is 0 Å². The molecule has 0 aliphatic carbocycles. The summed E-state index contributed by atoms with van der Waals surface area (Å²) in [5, 5.41) is 1.09. The van der Waals surface area contributed by atoms with E-state index in [4.69, 9.17) is 4.74 Å². The van der Waals surface area contributed by atoms with Crippen molar-refractivity contribution in [3.8, 4) is 5.75 Å². The molecule has 0 saturated carbocycles. The maximum absolute atomic E-state index is 10.5. The number of hydrogen-bond donors (Lipinski definition) is 0. The number of benzene rings is 1. The van der Waals surface area contributed by atoms with E-state index in [9.17, 15) is 4.79 Å². The van der Waals surface area contributed by atoms with Gasteiger partial charge in [-0.25, -0.2) is 0 Å². The van der Waals surface area contributed by atoms with Gasteiger partial charge in [0.05, 0.1) is 19.2 Å². The van der Waals surface area contributed by atoms with Gasteiger partial charge < -0.3 is 14.1 Å². The number of nitrogens with zero attached hydrogens (tertiary/aromatic N) is 1. The number of methoxy groups -OCH3 is 1. The first-order chi connectivity index (χ1) is 7.27. The second-order valence-electron chi connectivity index (χ2n) is 3.49. The van der Waals surface area contributed by atoms with Crippen molar-refractivity contribution in [3.05, 3.63) is 30.0 Å². The van der Waals surface area contributed by atoms with Crippen LogP contribution in [-0.4, -0.2) is 18.0 Å². The van der Waals surface area contributed by atoms with Crippen LogP contribution in [0.15, 0.2) is 24.4 Å². The van der Waals surface area contributed by atoms with Gasteiger partial charge in [0.15, 0.2) is 0 Å². The minimum absolute atomic E-state index is 0.386. The fourth-order valence-corrected chi connectivity index (χ4v) is 1.92. The number of ether oxygens (including phenoxy) is 1. The molecule has 0 unspecified atom stereocenters. The first kappa shape index (κ1) is 9.77. The molecule has 0 atom stereocenters. The van der Waals surface area contributed by atoms with Gasteiger partial charge in [-0.15, -0.1) is 0 Å². The van der Waals surface area contributed by atoms with Crippen molar-refractivity contribution in [3.63, 3.8) is 0 Å². The highest BCUT2D eigenvalue weighted by Gasteiger charge is 2.09. The Morgan fingerprint density at radius 3 is 2.93 bits per heavy atom. The normalized spacial score (nSPS) is 10.5. The second-order valence-corrected chi connectivity index (χ2v) is 3.49. The van der Waals surface area contributed by atoms with Crippen LogP contribution in [0.1, 0.15) is 5.56 Å². The Bertz CT molecular complexity index is 500. The van der Waals surface area contributed by atoms with Crippen molar-refractivity contribution >= 4 is 17.2 Å². The van der Waals surface area contributed by atoms with Crippen molar-refractivity contribution < 1.29 is 9.53 Å². The largest absolute Gasteiger partial charge is 0.496 e. The predicted octanol–water partition coefficient (Wildman–Crippen LogP) is 2.16. The molecule has 0 aliphatic rings. The highest BCUT2D eigenvalue weighted by molar-refractivity contribution is 5.90. The Balaban J connectivity index is 2.73. The summed E-state index contributed by atoms with van der Waals surface area (Å²) in [5.74, 6) is 0.856. The molecule has 78 valence electrons. The van der Waals surface area contributed by atoms with Crippen LogP contribution < -0.4 is 4.74 Å². The van der Waals surface area contributed by atoms with Crippen molar-refractivity contribution in [1.29, 1.82) is 0 Å². The molecule has 0 spiro atoms. The first-order valence-corrected chi connectivity index (χ1v) is 4.84. The Morgan fingerprint density at radius 1 is 1.47 bits per heavy atom. The minimum atomic E-state index is 0.386. The van der Waals surface area contributed by atoms with Crippen LogP contribution >= 0.6 is 0 Å².